The van der Waals surface area contributed by atoms with Crippen LogP contribution in [-0.4, -0.2) is 36.5 Å². The molecule has 0 saturated carbocycles. The van der Waals surface area contributed by atoms with Gasteiger partial charge in [-0.15, -0.1) is 0 Å². The number of aryl methyl sites for hydroxylation is 15. The van der Waals surface area contributed by atoms with Crippen LogP contribution in [0.2, 0.25) is 0 Å². The van der Waals surface area contributed by atoms with Crippen LogP contribution in [0.5, 0.6) is 0 Å². The zero-order valence-corrected chi connectivity index (χ0v) is 51.8. The molecule has 0 spiro atoms. The third kappa shape index (κ3) is 26.7. The van der Waals surface area contributed by atoms with E-state index in [1.807, 2.05) is 51.5 Å². The molecule has 0 aromatic carbocycles. The highest BCUT2D eigenvalue weighted by molar-refractivity contribution is 5.05. The Labute approximate surface area is 509 Å². The first-order valence-corrected chi connectivity index (χ1v) is 25.9. The lowest BCUT2D eigenvalue weighted by Crippen LogP contribution is -2.32. The summed E-state index contributed by atoms with van der Waals surface area (Å²) in [5, 5.41) is 0. The van der Waals surface area contributed by atoms with Crippen molar-refractivity contribution in [3.63, 3.8) is 0 Å². The molecule has 0 N–H and O–H groups in total. The van der Waals surface area contributed by atoms with Gasteiger partial charge in [0, 0.05) is 88.5 Å². The maximum Gasteiger partial charge on any atom is 0.255 e. The molecule has 0 radical (unpaired) electrons. The predicted octanol–water partition coefficient (Wildman–Crippen LogP) is 9.78. The number of nitrogens with zero attached hydrogens (tertiary/aromatic N) is 16. The molecule has 82 heavy (non-hydrogen) atoms. The Kier molecular flexibility index (Phi) is 51.3. The third-order valence-corrected chi connectivity index (χ3v) is 14.8. The lowest BCUT2D eigenvalue weighted by atomic mass is 10.4. The van der Waals surface area contributed by atoms with Crippen molar-refractivity contribution >= 4 is 0 Å². The van der Waals surface area contributed by atoms with Gasteiger partial charge in [-0.25, -0.2) is 73.1 Å². The maximum atomic E-state index is 2.22. The summed E-state index contributed by atoms with van der Waals surface area (Å²) in [4.78, 5) is 0. The summed E-state index contributed by atoms with van der Waals surface area (Å²) < 4.78 is 34.4. The zero-order chi connectivity index (χ0) is 56.3. The molecule has 0 aliphatic rings. The average molecular weight is 1160 g/mol. The van der Waals surface area contributed by atoms with Crippen molar-refractivity contribution in [2.75, 3.05) is 0 Å². The van der Waals surface area contributed by atoms with Gasteiger partial charge in [0.2, 0.25) is 6.33 Å². The van der Waals surface area contributed by atoms with Gasteiger partial charge >= 0.3 is 0 Å². The number of hydrogen-bond donors (Lipinski definition) is 0. The van der Waals surface area contributed by atoms with Crippen LogP contribution in [0.15, 0.2) is 68.3 Å². The van der Waals surface area contributed by atoms with Gasteiger partial charge in [0.15, 0.2) is 0 Å². The predicted molar refractivity (Wildman–Crippen MR) is 353 cm³/mol. The Morgan fingerprint density at radius 1 is 0.354 bits per heavy atom. The van der Waals surface area contributed by atoms with Crippen molar-refractivity contribution < 1.29 is 36.5 Å². The lowest BCUT2D eigenvalue weighted by Gasteiger charge is -1.91. The molecule has 16 heteroatoms. The van der Waals surface area contributed by atoms with Gasteiger partial charge in [-0.2, -0.15) is 0 Å². The lowest BCUT2D eigenvalue weighted by molar-refractivity contribution is -0.683. The molecule has 478 valence electrons. The first kappa shape index (κ1) is 94.9. The summed E-state index contributed by atoms with van der Waals surface area (Å²) in [5.41, 5.74) is 7.99. The fourth-order valence-corrected chi connectivity index (χ4v) is 8.19. The topological polar surface area (TPSA) is 70.5 Å². The van der Waals surface area contributed by atoms with E-state index in [9.17, 15) is 0 Å². The highest BCUT2D eigenvalue weighted by Gasteiger charge is 2.16. The van der Waals surface area contributed by atoms with Crippen LogP contribution < -0.4 is 36.5 Å². The van der Waals surface area contributed by atoms with E-state index < -0.39 is 0 Å². The largest absolute Gasteiger partial charge is 0.255 e. The standard InChI is InChI=1S/3C8H15N2.3C7H13N2.2C6H11N2.9CH4/c1-6-7(2)10(5)8(3)9(6)4;1-5-8-6-9(3)7(2)10(8)4;1-5-8-9(3)6-7(2)10(8)4;1-6-5-8(3)7(2)9(6)4;1-4-7-8(2)5-6-9(7)3;1-4-9-6-5-8(3)7(9)2;1-6-4-7(2)5-8(6)3;1-6-7(2)4-5-8(6)3;;;;;;;;;/h1-5H3;2*6H,5H2,1-4H3;5H,1-4H3;2*5-6H,4H2,1-3H3;2*4-5H,1-3H3;9*1H4/q8*+1;;;;;;;;;. The van der Waals surface area contributed by atoms with Gasteiger partial charge in [-0.05, 0) is 6.92 Å². The molecule has 0 aliphatic heterocycles. The Morgan fingerprint density at radius 3 is 0.927 bits per heavy atom. The zero-order valence-electron chi connectivity index (χ0n) is 51.8. The molecule has 0 saturated heterocycles. The molecule has 8 rings (SSSR count). The molecule has 0 bridgehead atoms. The smallest absolute Gasteiger partial charge is 0.239 e. The van der Waals surface area contributed by atoms with Crippen LogP contribution in [0, 0.1) is 69.2 Å². The highest BCUT2D eigenvalue weighted by atomic mass is 15.2. The first-order valence-electron chi connectivity index (χ1n) is 25.9. The molecule has 0 amide bonds. The van der Waals surface area contributed by atoms with Crippen molar-refractivity contribution in [3.8, 4) is 0 Å². The molecule has 0 atom stereocenters. The van der Waals surface area contributed by atoms with Gasteiger partial charge in [-0.1, -0.05) is 87.6 Å². The van der Waals surface area contributed by atoms with E-state index in [1.165, 1.54) is 74.9 Å². The monoisotopic (exact) mass is 1160 g/mol. The molecule has 0 fully saturated rings. The third-order valence-electron chi connectivity index (χ3n) is 14.8. The molecule has 0 aliphatic carbocycles. The molecule has 8 aromatic heterocycles. The molecule has 16 nitrogen and oxygen atoms in total. The van der Waals surface area contributed by atoms with Crippen molar-refractivity contribution in [2.45, 2.75) is 190 Å². The summed E-state index contributed by atoms with van der Waals surface area (Å²) >= 11 is 0. The molecular weight excluding hydrogens is 1020 g/mol. The van der Waals surface area contributed by atoms with Crippen LogP contribution in [0.3, 0.4) is 0 Å². The second kappa shape index (κ2) is 44.3. The Balaban J connectivity index is -0.000000105. The van der Waals surface area contributed by atoms with Gasteiger partial charge in [-0.3, -0.25) is 0 Å². The first-order chi connectivity index (χ1) is 33.9. The van der Waals surface area contributed by atoms with E-state index in [0.717, 1.165) is 25.8 Å². The Bertz CT molecular complexity index is 2750. The highest BCUT2D eigenvalue weighted by Crippen LogP contribution is 2.03. The summed E-state index contributed by atoms with van der Waals surface area (Å²) in [6.45, 7) is 30.9. The molecular formula is C66H142N16+8. The summed E-state index contributed by atoms with van der Waals surface area (Å²) in [5.74, 6) is 9.19. The van der Waals surface area contributed by atoms with E-state index in [0.29, 0.717) is 0 Å². The quantitative estimate of drug-likeness (QED) is 0.158. The van der Waals surface area contributed by atoms with Gasteiger partial charge in [0.25, 0.3) is 40.8 Å². The van der Waals surface area contributed by atoms with Crippen molar-refractivity contribution in [2.24, 2.45) is 106 Å². The van der Waals surface area contributed by atoms with Crippen LogP contribution in [0.4, 0.5) is 0 Å². The molecule has 8 heterocycles. The van der Waals surface area contributed by atoms with Crippen LogP contribution >= 0.6 is 0 Å². The van der Waals surface area contributed by atoms with E-state index in [2.05, 4.69) is 293 Å². The van der Waals surface area contributed by atoms with Crippen LogP contribution in [0.25, 0.3) is 0 Å². The van der Waals surface area contributed by atoms with Crippen molar-refractivity contribution in [1.29, 1.82) is 0 Å². The van der Waals surface area contributed by atoms with Crippen molar-refractivity contribution in [3.05, 3.63) is 143 Å². The van der Waals surface area contributed by atoms with Crippen LogP contribution in [0.1, 0.15) is 169 Å². The molecule has 0 unspecified atom stereocenters. The number of aromatic nitrogens is 16. The normalized spacial score (nSPS) is 9.09. The minimum Gasteiger partial charge on any atom is -0.239 e. The van der Waals surface area contributed by atoms with Gasteiger partial charge in [0.05, 0.1) is 112 Å². The second-order valence-corrected chi connectivity index (χ2v) is 19.5. The Morgan fingerprint density at radius 2 is 0.780 bits per heavy atom. The fraction of sp³-hybridized carbons (Fsp3) is 0.636. The van der Waals surface area contributed by atoms with Gasteiger partial charge < -0.3 is 0 Å². The van der Waals surface area contributed by atoms with E-state index in [1.54, 1.807) is 0 Å². The SMILES string of the molecule is C.C.C.C.C.C.C.C.C.CCc1c[n+](C)c(C)n1C.CCc1n(C)c(C)c[n+]1C.CCc1n(C)cc[n+]1C.CCn1cc[n+](C)c1C.Cc1c(C)[n+](C)c(C)n1C.Cc1c[n+](C)c(C)n1C.Cc1c[n+](C)cn1C.Cc1n(C)cc[n+]1C. The number of imidazole rings is 8. The second-order valence-electron chi connectivity index (χ2n) is 19.5. The molecule has 8 aromatic rings. The van der Waals surface area contributed by atoms with E-state index in [-0.39, 0.29) is 66.8 Å². The summed E-state index contributed by atoms with van der Waals surface area (Å²) in [7, 11) is 31.0. The van der Waals surface area contributed by atoms with E-state index in [4.69, 9.17) is 0 Å². The van der Waals surface area contributed by atoms with Crippen molar-refractivity contribution in [1.82, 2.24) is 36.5 Å². The summed E-state index contributed by atoms with van der Waals surface area (Å²) in [6.07, 6.45) is 26.2. The minimum atomic E-state index is 0. The van der Waals surface area contributed by atoms with Crippen LogP contribution in [-0.2, 0) is 132 Å². The average Bonchev–Trinajstić information content (AvgIpc) is 4.21. The number of hydrogen-bond acceptors (Lipinski definition) is 0. The van der Waals surface area contributed by atoms with E-state index >= 15 is 0 Å². The summed E-state index contributed by atoms with van der Waals surface area (Å²) in [6, 6.07) is 0. The minimum absolute atomic E-state index is 0. The number of rotatable bonds is 4. The van der Waals surface area contributed by atoms with Gasteiger partial charge in [0.1, 0.15) is 96.1 Å². The Hall–Kier alpha value is -6.32. The maximum absolute atomic E-state index is 2.22. The fourth-order valence-electron chi connectivity index (χ4n) is 8.19.